The van der Waals surface area contributed by atoms with Crippen LogP contribution in [0.4, 0.5) is 5.69 Å². The Bertz CT molecular complexity index is 982. The summed E-state index contributed by atoms with van der Waals surface area (Å²) < 4.78 is 5.16. The summed E-state index contributed by atoms with van der Waals surface area (Å²) in [6.45, 7) is 0.433. The minimum absolute atomic E-state index is 0.00102. The molecule has 1 aromatic carbocycles. The number of amides is 3. The number of thiophene rings is 1. The maximum absolute atomic E-state index is 13.3. The third-order valence-electron chi connectivity index (χ3n) is 5.88. The molecule has 4 rings (SSSR count). The summed E-state index contributed by atoms with van der Waals surface area (Å²) in [5, 5.41) is 1.85. The Morgan fingerprint density at radius 2 is 2.00 bits per heavy atom. The second kappa shape index (κ2) is 9.47. The Kier molecular flexibility index (Phi) is 6.51. The van der Waals surface area contributed by atoms with Gasteiger partial charge in [-0.25, -0.2) is 4.90 Å². The monoisotopic (exact) mass is 438 g/mol. The van der Waals surface area contributed by atoms with Gasteiger partial charge >= 0.3 is 0 Å². The van der Waals surface area contributed by atoms with Gasteiger partial charge in [-0.3, -0.25) is 14.4 Å². The molecular weight excluding hydrogens is 412 g/mol. The van der Waals surface area contributed by atoms with Crippen molar-refractivity contribution in [1.82, 2.24) is 4.90 Å². The smallest absolute Gasteiger partial charge is 0.264 e. The number of allylic oxidation sites excluding steroid dienone is 1. The number of hydrogen-bond donors (Lipinski definition) is 0. The molecule has 3 amide bonds. The van der Waals surface area contributed by atoms with Gasteiger partial charge in [-0.2, -0.15) is 0 Å². The van der Waals surface area contributed by atoms with E-state index >= 15 is 0 Å². The fourth-order valence-corrected chi connectivity index (χ4v) is 4.88. The third-order valence-corrected chi connectivity index (χ3v) is 6.74. The maximum Gasteiger partial charge on any atom is 0.264 e. The molecule has 1 atom stereocenters. The van der Waals surface area contributed by atoms with E-state index in [-0.39, 0.29) is 24.1 Å². The number of benzene rings is 1. The van der Waals surface area contributed by atoms with Crippen molar-refractivity contribution in [3.8, 4) is 5.75 Å². The largest absolute Gasteiger partial charge is 0.497 e. The lowest BCUT2D eigenvalue weighted by molar-refractivity contribution is -0.122. The number of imide groups is 1. The van der Waals surface area contributed by atoms with E-state index in [1.165, 1.54) is 28.2 Å². The number of rotatable bonds is 7. The lowest BCUT2D eigenvalue weighted by Gasteiger charge is -2.28. The molecule has 0 N–H and O–H groups in total. The molecule has 2 aliphatic rings. The summed E-state index contributed by atoms with van der Waals surface area (Å²) in [4.78, 5) is 42.7. The number of nitrogens with zero attached hydrogens (tertiary/aromatic N) is 2. The van der Waals surface area contributed by atoms with E-state index in [4.69, 9.17) is 4.74 Å². The molecule has 0 radical (unpaired) electrons. The molecule has 7 heteroatoms. The molecule has 0 bridgehead atoms. The predicted molar refractivity (Wildman–Crippen MR) is 120 cm³/mol. The van der Waals surface area contributed by atoms with E-state index in [1.54, 1.807) is 42.3 Å². The van der Waals surface area contributed by atoms with Crippen LogP contribution >= 0.6 is 11.3 Å². The Labute approximate surface area is 186 Å². The zero-order valence-electron chi connectivity index (χ0n) is 17.6. The Morgan fingerprint density at radius 1 is 1.19 bits per heavy atom. The zero-order chi connectivity index (χ0) is 21.8. The van der Waals surface area contributed by atoms with Crippen molar-refractivity contribution in [2.75, 3.05) is 18.6 Å². The van der Waals surface area contributed by atoms with E-state index in [9.17, 15) is 14.4 Å². The number of ether oxygens (including phenoxy) is 1. The second-order valence-electron chi connectivity index (χ2n) is 7.82. The van der Waals surface area contributed by atoms with Crippen LogP contribution in [0.15, 0.2) is 53.4 Å². The summed E-state index contributed by atoms with van der Waals surface area (Å²) in [6.07, 6.45) is 7.46. The van der Waals surface area contributed by atoms with Crippen molar-refractivity contribution in [2.24, 2.45) is 0 Å². The van der Waals surface area contributed by atoms with Crippen LogP contribution in [0.25, 0.3) is 0 Å². The van der Waals surface area contributed by atoms with Crippen molar-refractivity contribution >= 4 is 34.7 Å². The summed E-state index contributed by atoms with van der Waals surface area (Å²) in [6, 6.07) is 9.62. The molecule has 6 nitrogen and oxygen atoms in total. The quantitative estimate of drug-likeness (QED) is 0.474. The Morgan fingerprint density at radius 3 is 2.65 bits per heavy atom. The molecule has 1 aromatic heterocycles. The van der Waals surface area contributed by atoms with Gasteiger partial charge in [0.15, 0.2) is 0 Å². The standard InChI is InChI=1S/C24H26N2O4S/c1-30-19-11-9-18(10-12-19)26-22(27)16-20(23(26)28)25(24(29)21-8-5-15-31-21)14-13-17-6-3-2-4-7-17/h5-6,8-12,15,20H,2-4,7,13-14,16H2,1H3. The van der Waals surface area contributed by atoms with Crippen LogP contribution in [0.2, 0.25) is 0 Å². The van der Waals surface area contributed by atoms with Crippen molar-refractivity contribution in [3.63, 3.8) is 0 Å². The van der Waals surface area contributed by atoms with Gasteiger partial charge in [-0.1, -0.05) is 17.7 Å². The lowest BCUT2D eigenvalue weighted by Crippen LogP contribution is -2.46. The van der Waals surface area contributed by atoms with Gasteiger partial charge in [0, 0.05) is 6.54 Å². The van der Waals surface area contributed by atoms with Crippen LogP contribution in [-0.2, 0) is 9.59 Å². The third kappa shape index (κ3) is 4.56. The highest BCUT2D eigenvalue weighted by Crippen LogP contribution is 2.29. The van der Waals surface area contributed by atoms with Gasteiger partial charge in [-0.15, -0.1) is 11.3 Å². The molecule has 1 aliphatic carbocycles. The average Bonchev–Trinajstić information content (AvgIpc) is 3.43. The van der Waals surface area contributed by atoms with Crippen LogP contribution in [0, 0.1) is 0 Å². The summed E-state index contributed by atoms with van der Waals surface area (Å²) in [5.74, 6) is -0.178. The van der Waals surface area contributed by atoms with E-state index < -0.39 is 6.04 Å². The number of anilines is 1. The van der Waals surface area contributed by atoms with Crippen LogP contribution in [0.1, 0.15) is 48.2 Å². The average molecular weight is 439 g/mol. The van der Waals surface area contributed by atoms with Crippen LogP contribution in [0.3, 0.4) is 0 Å². The highest BCUT2D eigenvalue weighted by Gasteiger charge is 2.44. The van der Waals surface area contributed by atoms with Crippen molar-refractivity contribution in [1.29, 1.82) is 0 Å². The fourth-order valence-electron chi connectivity index (χ4n) is 4.20. The van der Waals surface area contributed by atoms with Gasteiger partial charge in [0.05, 0.1) is 24.1 Å². The summed E-state index contributed by atoms with van der Waals surface area (Å²) in [5.41, 5.74) is 1.83. The first kappa shape index (κ1) is 21.3. The van der Waals surface area contributed by atoms with Gasteiger partial charge in [0.2, 0.25) is 5.91 Å². The van der Waals surface area contributed by atoms with Crippen LogP contribution in [0.5, 0.6) is 5.75 Å². The molecular formula is C24H26N2O4S. The molecule has 2 aromatic rings. The van der Waals surface area contributed by atoms with E-state index in [2.05, 4.69) is 6.08 Å². The molecule has 31 heavy (non-hydrogen) atoms. The van der Waals surface area contributed by atoms with E-state index in [0.29, 0.717) is 22.9 Å². The molecule has 1 fully saturated rings. The van der Waals surface area contributed by atoms with Gasteiger partial charge < -0.3 is 9.64 Å². The maximum atomic E-state index is 13.3. The van der Waals surface area contributed by atoms with Crippen molar-refractivity contribution in [2.45, 2.75) is 44.6 Å². The molecule has 162 valence electrons. The number of hydrogen-bond acceptors (Lipinski definition) is 5. The minimum Gasteiger partial charge on any atom is -0.497 e. The number of methoxy groups -OCH3 is 1. The normalized spacial score (nSPS) is 18.8. The van der Waals surface area contributed by atoms with Crippen LogP contribution < -0.4 is 9.64 Å². The molecule has 0 saturated carbocycles. The minimum atomic E-state index is -0.784. The SMILES string of the molecule is COc1ccc(N2C(=O)CC(N(CCC3=CCCCC3)C(=O)c3cccs3)C2=O)cc1. The number of carbonyl (C=O) groups is 3. The van der Waals surface area contributed by atoms with Crippen molar-refractivity contribution in [3.05, 3.63) is 58.3 Å². The zero-order valence-corrected chi connectivity index (χ0v) is 18.4. The van der Waals surface area contributed by atoms with E-state index in [0.717, 1.165) is 25.7 Å². The second-order valence-corrected chi connectivity index (χ2v) is 8.77. The fraction of sp³-hybridized carbons (Fsp3) is 0.375. The molecule has 0 spiro atoms. The topological polar surface area (TPSA) is 66.9 Å². The lowest BCUT2D eigenvalue weighted by atomic mass is 9.97. The first-order valence-electron chi connectivity index (χ1n) is 10.6. The Hall–Kier alpha value is -2.93. The summed E-state index contributed by atoms with van der Waals surface area (Å²) in [7, 11) is 1.56. The number of carbonyl (C=O) groups excluding carboxylic acids is 3. The summed E-state index contributed by atoms with van der Waals surface area (Å²) >= 11 is 1.35. The Balaban J connectivity index is 1.57. The highest BCUT2D eigenvalue weighted by molar-refractivity contribution is 7.12. The first-order valence-corrected chi connectivity index (χ1v) is 11.5. The van der Waals surface area contributed by atoms with Crippen LogP contribution in [-0.4, -0.2) is 42.3 Å². The molecule has 2 heterocycles. The predicted octanol–water partition coefficient (Wildman–Crippen LogP) is 4.42. The van der Waals surface area contributed by atoms with Gasteiger partial charge in [-0.05, 0) is 67.8 Å². The van der Waals surface area contributed by atoms with E-state index in [1.807, 2.05) is 11.4 Å². The van der Waals surface area contributed by atoms with Gasteiger partial charge in [0.1, 0.15) is 11.8 Å². The highest BCUT2D eigenvalue weighted by atomic mass is 32.1. The molecule has 1 unspecified atom stereocenters. The van der Waals surface area contributed by atoms with Gasteiger partial charge in [0.25, 0.3) is 11.8 Å². The van der Waals surface area contributed by atoms with Crippen molar-refractivity contribution < 1.29 is 19.1 Å². The molecule has 1 aliphatic heterocycles. The first-order chi connectivity index (χ1) is 15.1. The molecule has 1 saturated heterocycles.